The average Bonchev–Trinajstić information content (AvgIpc) is 1.03. The number of carbonyl (C=O) groups excluding carboxylic acids is 8. The SMILES string of the molecule is CN(C)C(=N)c1ccc(C(=O)Nc2c(C(=O)Nc3ccc(Cl)cc3)cc(Cl)cc2N(C)C)c(F)c1.COc1cc(Cl)cc(C(=O)Nc2ccc(Cl)cc2)c1NC(=O)c1ccc(C(=N)N2CCCC2)cc1.COc1cc(Cl)cc(C(=O)Nc2ccc(Cl)cc2)c1NC(=O)c1ccc(C(=N)N2CCCCC2)cc1.COc1cc(Cl)cc(C(=O)Nc2ccc(Cl)cc2)c1NC(=O)c1ccc(C2=NCCN2C)cc1. The first-order valence-electron chi connectivity index (χ1n) is 43.5. The predicted octanol–water partition coefficient (Wildman–Crippen LogP) is 23.0. The van der Waals surface area contributed by atoms with Crippen LogP contribution in [0.4, 0.5) is 55.6 Å². The van der Waals surface area contributed by atoms with Gasteiger partial charge in [0.25, 0.3) is 47.3 Å². The van der Waals surface area contributed by atoms with Crippen LogP contribution >= 0.6 is 92.8 Å². The molecule has 722 valence electrons. The summed E-state index contributed by atoms with van der Waals surface area (Å²) in [4.78, 5) is 118. The topological polar surface area (TPSA) is 361 Å². The fourth-order valence-corrected chi connectivity index (χ4v) is 16.1. The van der Waals surface area contributed by atoms with Gasteiger partial charge in [-0.3, -0.25) is 59.6 Å². The zero-order chi connectivity index (χ0) is 101. The summed E-state index contributed by atoms with van der Waals surface area (Å²) < 4.78 is 31.0. The minimum Gasteiger partial charge on any atom is -0.494 e. The van der Waals surface area contributed by atoms with Gasteiger partial charge in [0.2, 0.25) is 0 Å². The van der Waals surface area contributed by atoms with Crippen molar-refractivity contribution in [3.8, 4) is 17.2 Å². The van der Waals surface area contributed by atoms with E-state index in [1.807, 2.05) is 24.1 Å². The first-order chi connectivity index (χ1) is 67.0. The highest BCUT2D eigenvalue weighted by molar-refractivity contribution is 6.35. The van der Waals surface area contributed by atoms with Crippen LogP contribution in [-0.2, 0) is 0 Å². The molecule has 3 aliphatic heterocycles. The molecule has 0 unspecified atom stereocenters. The summed E-state index contributed by atoms with van der Waals surface area (Å²) in [6.07, 6.45) is 5.52. The molecule has 15 rings (SSSR count). The molecule has 12 aromatic carbocycles. The van der Waals surface area contributed by atoms with Gasteiger partial charge in [-0.25, -0.2) is 4.39 Å². The molecule has 0 bridgehead atoms. The number of anilines is 9. The molecule has 0 spiro atoms. The molecule has 28 nitrogen and oxygen atoms in total. The first kappa shape index (κ1) is 105. The lowest BCUT2D eigenvalue weighted by atomic mass is 10.1. The van der Waals surface area contributed by atoms with Gasteiger partial charge in [-0.1, -0.05) is 135 Å². The number of ether oxygens (including phenoxy) is 3. The van der Waals surface area contributed by atoms with Gasteiger partial charge >= 0.3 is 0 Å². The smallest absolute Gasteiger partial charge is 0.258 e. The van der Waals surface area contributed by atoms with Crippen LogP contribution < -0.4 is 61.6 Å². The molecule has 2 fully saturated rings. The Morgan fingerprint density at radius 2 is 0.621 bits per heavy atom. The monoisotopic (exact) mass is 2050 g/mol. The number of aliphatic imine (C=N–C) groups is 1. The van der Waals surface area contributed by atoms with Gasteiger partial charge in [0.1, 0.15) is 46.4 Å². The lowest BCUT2D eigenvalue weighted by molar-refractivity contribution is 0.100. The number of amides is 8. The van der Waals surface area contributed by atoms with E-state index in [4.69, 9.17) is 123 Å². The number of amidine groups is 4. The number of piperidine rings is 1. The number of hydrogen-bond acceptors (Lipinski definition) is 17. The zero-order valence-corrected chi connectivity index (χ0v) is 82.9. The molecular formula is C103H96Cl8FN17O11. The van der Waals surface area contributed by atoms with Crippen LogP contribution in [0.25, 0.3) is 0 Å². The van der Waals surface area contributed by atoms with Crippen LogP contribution in [0, 0.1) is 22.0 Å². The molecule has 140 heavy (non-hydrogen) atoms. The van der Waals surface area contributed by atoms with Gasteiger partial charge in [-0.05, 0) is 208 Å². The van der Waals surface area contributed by atoms with Crippen molar-refractivity contribution >= 4 is 215 Å². The largest absolute Gasteiger partial charge is 0.494 e. The number of methoxy groups -OCH3 is 3. The number of likely N-dealkylation sites (N-methyl/N-ethyl adjacent to an activating group) is 1. The minimum atomic E-state index is -0.792. The second-order valence-electron chi connectivity index (χ2n) is 32.2. The standard InChI is InChI=1S/C27H26Cl2N4O3.C26H24Cl2N4O3.C25H24Cl2FN5O2.C25H22Cl2N4O3/c1-36-23-16-20(29)15-22(27(35)31-21-11-9-19(28)10-12-21)24(23)32-26(34)18-7-5-17(6-8-18)25(30)33-13-3-2-4-14-33;1-35-22-15-19(28)14-21(26(34)30-20-10-8-18(27)9-11-20)23(22)31-25(33)17-6-4-16(5-7-17)24(29)32-12-2-3-13-32;1-32(2)21-13-16(27)12-19(25(35)30-17-8-6-15(26)7-9-17)22(21)31-24(34)18-10-5-14(11-20(18)28)23(29)33(3)4;1-31-12-11-28-23(31)15-3-5-16(6-4-15)24(32)30-22-20(13-18(27)14-21(22)34-2)25(33)29-19-9-7-17(26)8-10-19/h5-12,15-16,30H,2-4,13-14H2,1H3,(H,31,35)(H,32,34);4-11,14-15,29H,2-3,12-13H2,1H3,(H,30,34)(H,31,33);5-13,29H,1-4H3,(H,30,35)(H,31,34);3-10,13-14H,11-12H2,1-2H3,(H,29,33)(H,30,32). The Morgan fingerprint density at radius 3 is 0.929 bits per heavy atom. The molecule has 0 aromatic heterocycles. The van der Waals surface area contributed by atoms with Crippen LogP contribution in [0.5, 0.6) is 17.2 Å². The number of carbonyl (C=O) groups is 8. The van der Waals surface area contributed by atoms with Gasteiger partial charge in [0, 0.05) is 188 Å². The highest BCUT2D eigenvalue weighted by atomic mass is 35.5. The van der Waals surface area contributed by atoms with E-state index in [1.165, 1.54) is 87.2 Å². The van der Waals surface area contributed by atoms with Crippen molar-refractivity contribution in [1.29, 1.82) is 16.2 Å². The van der Waals surface area contributed by atoms with Gasteiger partial charge in [0.15, 0.2) is 0 Å². The summed E-state index contributed by atoms with van der Waals surface area (Å²) in [6.45, 7) is 5.12. The number of likely N-dealkylation sites (tertiary alicyclic amines) is 2. The van der Waals surface area contributed by atoms with Crippen molar-refractivity contribution in [2.24, 2.45) is 4.99 Å². The van der Waals surface area contributed by atoms with Crippen LogP contribution in [-0.4, -0.2) is 186 Å². The molecule has 12 aromatic rings. The average molecular weight is 2050 g/mol. The van der Waals surface area contributed by atoms with E-state index in [-0.39, 0.29) is 88.7 Å². The second-order valence-corrected chi connectivity index (χ2v) is 35.7. The third-order valence-electron chi connectivity index (χ3n) is 22.1. The summed E-state index contributed by atoms with van der Waals surface area (Å²) in [7, 11) is 13.1. The van der Waals surface area contributed by atoms with Crippen molar-refractivity contribution in [2.75, 3.05) is 143 Å². The molecule has 0 radical (unpaired) electrons. The van der Waals surface area contributed by atoms with E-state index in [0.717, 1.165) is 93.5 Å². The molecular weight excluding hydrogens is 1950 g/mol. The lowest BCUT2D eigenvalue weighted by Crippen LogP contribution is -2.35. The van der Waals surface area contributed by atoms with Gasteiger partial charge in [0.05, 0.1) is 84.1 Å². The Bertz CT molecular complexity index is 6680. The fourth-order valence-electron chi connectivity index (χ4n) is 14.8. The maximum absolute atomic E-state index is 14.8. The number of nitrogens with one attached hydrogen (secondary N) is 11. The molecule has 8 amide bonds. The van der Waals surface area contributed by atoms with Crippen molar-refractivity contribution in [2.45, 2.75) is 32.1 Å². The Labute approximate surface area is 848 Å². The summed E-state index contributed by atoms with van der Waals surface area (Å²) >= 11 is 48.6. The van der Waals surface area contributed by atoms with E-state index in [0.29, 0.717) is 87.5 Å². The first-order valence-corrected chi connectivity index (χ1v) is 46.5. The summed E-state index contributed by atoms with van der Waals surface area (Å²) in [5, 5.41) is 50.3. The highest BCUT2D eigenvalue weighted by Crippen LogP contribution is 2.40. The summed E-state index contributed by atoms with van der Waals surface area (Å²) in [6, 6.07) is 63.3. The molecule has 2 saturated heterocycles. The molecule has 0 atom stereocenters. The maximum atomic E-state index is 14.8. The molecule has 37 heteroatoms. The normalized spacial score (nSPS) is 12.3. The van der Waals surface area contributed by atoms with Crippen molar-refractivity contribution < 1.29 is 57.0 Å². The van der Waals surface area contributed by atoms with Gasteiger partial charge in [-0.15, -0.1) is 0 Å². The molecule has 3 aliphatic rings. The van der Waals surface area contributed by atoms with E-state index >= 15 is 0 Å². The van der Waals surface area contributed by atoms with Crippen LogP contribution in [0.1, 0.15) is 137 Å². The number of hydrogen-bond donors (Lipinski definition) is 11. The number of nitrogens with zero attached hydrogens (tertiary/aromatic N) is 6. The summed E-state index contributed by atoms with van der Waals surface area (Å²) in [5.41, 5.74) is 7.58. The Balaban J connectivity index is 0.000000167. The van der Waals surface area contributed by atoms with Crippen molar-refractivity contribution in [3.05, 3.63) is 349 Å². The summed E-state index contributed by atoms with van der Waals surface area (Å²) in [5.74, 6) is -2.05. The van der Waals surface area contributed by atoms with Crippen LogP contribution in [0.3, 0.4) is 0 Å². The Morgan fingerprint density at radius 1 is 0.329 bits per heavy atom. The third-order valence-corrected chi connectivity index (χ3v) is 24.0. The van der Waals surface area contributed by atoms with Crippen LogP contribution in [0.2, 0.25) is 40.2 Å². The van der Waals surface area contributed by atoms with Crippen molar-refractivity contribution in [1.82, 2.24) is 19.6 Å². The van der Waals surface area contributed by atoms with E-state index in [9.17, 15) is 42.7 Å². The Kier molecular flexibility index (Phi) is 36.5. The number of halogens is 9. The molecule has 11 N–H and O–H groups in total. The Hall–Kier alpha value is -14.3. The van der Waals surface area contributed by atoms with Gasteiger partial charge in [-0.2, -0.15) is 0 Å². The fraction of sp³-hybridized carbons (Fsp3) is 0.184. The molecule has 0 aliphatic carbocycles. The van der Waals surface area contributed by atoms with Gasteiger partial charge < -0.3 is 81.2 Å². The minimum absolute atomic E-state index is 0.0934. The van der Waals surface area contributed by atoms with E-state index < -0.39 is 53.1 Å². The van der Waals surface area contributed by atoms with E-state index in [2.05, 4.69) is 57.3 Å². The molecule has 3 heterocycles. The zero-order valence-electron chi connectivity index (χ0n) is 76.9. The van der Waals surface area contributed by atoms with E-state index in [1.54, 1.807) is 197 Å². The highest BCUT2D eigenvalue weighted by Gasteiger charge is 2.29. The van der Waals surface area contributed by atoms with Crippen LogP contribution in [0.15, 0.2) is 242 Å². The number of rotatable bonds is 24. The molecule has 0 saturated carbocycles. The predicted molar refractivity (Wildman–Crippen MR) is 559 cm³/mol. The second kappa shape index (κ2) is 48.8. The quantitative estimate of drug-likeness (QED) is 0.0198. The number of benzene rings is 12. The lowest BCUT2D eigenvalue weighted by Gasteiger charge is -2.29. The van der Waals surface area contributed by atoms with Crippen molar-refractivity contribution in [3.63, 3.8) is 0 Å². The third kappa shape index (κ3) is 27.6. The maximum Gasteiger partial charge on any atom is 0.258 e.